The molecule has 2 heteroatoms. The highest BCUT2D eigenvalue weighted by Gasteiger charge is 2.33. The molecule has 1 N–H and O–H groups in total. The minimum atomic E-state index is 0.365. The number of hydrogen-bond donors (Lipinski definition) is 1. The topological polar surface area (TPSA) is 27.1 Å². The molecule has 70 valence electrons. The van der Waals surface area contributed by atoms with Crippen LogP contribution in [0.3, 0.4) is 0 Å². The van der Waals surface area contributed by atoms with Crippen LogP contribution in [0.4, 0.5) is 0 Å². The summed E-state index contributed by atoms with van der Waals surface area (Å²) < 4.78 is 0. The third-order valence-corrected chi connectivity index (χ3v) is 2.74. The summed E-state index contributed by atoms with van der Waals surface area (Å²) in [5.74, 6) is 2.89. The van der Waals surface area contributed by atoms with Gasteiger partial charge in [0.2, 0.25) is 0 Å². The Morgan fingerprint density at radius 1 is 1.58 bits per heavy atom. The van der Waals surface area contributed by atoms with Gasteiger partial charge >= 0.3 is 0 Å². The average Bonchev–Trinajstić information content (AvgIpc) is 2.64. The van der Waals surface area contributed by atoms with Crippen LogP contribution >= 0.6 is 0 Å². The number of hydrogen-bond acceptors (Lipinski definition) is 1. The Balaban J connectivity index is 2.28. The van der Waals surface area contributed by atoms with E-state index in [9.17, 15) is 0 Å². The number of amidine groups is 1. The van der Waals surface area contributed by atoms with E-state index in [4.69, 9.17) is 5.41 Å². The van der Waals surface area contributed by atoms with Crippen molar-refractivity contribution in [1.82, 2.24) is 4.90 Å². The highest BCUT2D eigenvalue weighted by molar-refractivity contribution is 5.80. The Bertz CT molecular complexity index is 175. The highest BCUT2D eigenvalue weighted by atomic mass is 15.1. The summed E-state index contributed by atoms with van der Waals surface area (Å²) in [7, 11) is 2.04. The van der Waals surface area contributed by atoms with Crippen LogP contribution in [-0.2, 0) is 0 Å². The Hall–Kier alpha value is -0.530. The van der Waals surface area contributed by atoms with Gasteiger partial charge in [-0.2, -0.15) is 0 Å². The lowest BCUT2D eigenvalue weighted by atomic mass is 10.2. The number of nitrogens with one attached hydrogen (secondary N) is 1. The predicted molar refractivity (Wildman–Crippen MR) is 52.5 cm³/mol. The molecule has 2 nitrogen and oxygen atoms in total. The van der Waals surface area contributed by atoms with E-state index in [0.29, 0.717) is 5.92 Å². The second kappa shape index (κ2) is 3.46. The molecule has 0 heterocycles. The van der Waals surface area contributed by atoms with Gasteiger partial charge in [-0.25, -0.2) is 0 Å². The van der Waals surface area contributed by atoms with Gasteiger partial charge in [0.15, 0.2) is 0 Å². The largest absolute Gasteiger partial charge is 0.363 e. The second-order valence-electron chi connectivity index (χ2n) is 4.39. The Kier molecular flexibility index (Phi) is 2.76. The van der Waals surface area contributed by atoms with Crippen molar-refractivity contribution in [3.05, 3.63) is 0 Å². The Morgan fingerprint density at radius 2 is 2.08 bits per heavy atom. The van der Waals surface area contributed by atoms with Gasteiger partial charge < -0.3 is 4.90 Å². The maximum Gasteiger partial charge on any atom is 0.0981 e. The van der Waals surface area contributed by atoms with Crippen molar-refractivity contribution < 1.29 is 0 Å². The summed E-state index contributed by atoms with van der Waals surface area (Å²) in [5.41, 5.74) is 0. The minimum Gasteiger partial charge on any atom is -0.363 e. The van der Waals surface area contributed by atoms with Crippen LogP contribution < -0.4 is 0 Å². The molecule has 0 bridgehead atoms. The van der Waals surface area contributed by atoms with Gasteiger partial charge in [-0.1, -0.05) is 20.8 Å². The monoisotopic (exact) mass is 168 g/mol. The average molecular weight is 168 g/mol. The molecule has 0 saturated heterocycles. The van der Waals surface area contributed by atoms with Gasteiger partial charge in [0.1, 0.15) is 0 Å². The van der Waals surface area contributed by atoms with Gasteiger partial charge in [0.25, 0.3) is 0 Å². The third kappa shape index (κ3) is 2.23. The molecule has 0 spiro atoms. The van der Waals surface area contributed by atoms with Crippen LogP contribution in [0.5, 0.6) is 0 Å². The molecule has 1 aliphatic rings. The van der Waals surface area contributed by atoms with Crippen molar-refractivity contribution in [3.63, 3.8) is 0 Å². The van der Waals surface area contributed by atoms with Crippen LogP contribution in [0.1, 0.15) is 27.2 Å². The molecule has 0 aliphatic heterocycles. The van der Waals surface area contributed by atoms with Crippen molar-refractivity contribution in [2.24, 2.45) is 17.8 Å². The summed E-state index contributed by atoms with van der Waals surface area (Å²) in [4.78, 5) is 2.10. The summed E-state index contributed by atoms with van der Waals surface area (Å²) in [6, 6.07) is 0. The molecule has 0 aromatic carbocycles. The van der Waals surface area contributed by atoms with E-state index in [0.717, 1.165) is 24.2 Å². The van der Waals surface area contributed by atoms with E-state index in [-0.39, 0.29) is 0 Å². The molecule has 1 fully saturated rings. The molecule has 12 heavy (non-hydrogen) atoms. The molecule has 0 aromatic rings. The van der Waals surface area contributed by atoms with Crippen LogP contribution in [-0.4, -0.2) is 24.3 Å². The van der Waals surface area contributed by atoms with Gasteiger partial charge in [0.05, 0.1) is 5.84 Å². The summed E-state index contributed by atoms with van der Waals surface area (Å²) >= 11 is 0. The van der Waals surface area contributed by atoms with Crippen molar-refractivity contribution >= 4 is 5.84 Å². The van der Waals surface area contributed by atoms with E-state index >= 15 is 0 Å². The van der Waals surface area contributed by atoms with Gasteiger partial charge in [-0.15, -0.1) is 0 Å². The number of nitrogens with zero attached hydrogens (tertiary/aromatic N) is 1. The summed E-state index contributed by atoms with van der Waals surface area (Å²) in [6.45, 7) is 7.53. The van der Waals surface area contributed by atoms with Crippen molar-refractivity contribution in [2.45, 2.75) is 27.2 Å². The van der Waals surface area contributed by atoms with E-state index in [1.54, 1.807) is 0 Å². The lowest BCUT2D eigenvalue weighted by Crippen LogP contribution is -2.31. The van der Waals surface area contributed by atoms with Crippen LogP contribution in [0.15, 0.2) is 0 Å². The van der Waals surface area contributed by atoms with Gasteiger partial charge in [0, 0.05) is 19.5 Å². The minimum absolute atomic E-state index is 0.365. The molecule has 1 rings (SSSR count). The van der Waals surface area contributed by atoms with Crippen molar-refractivity contribution in [1.29, 1.82) is 5.41 Å². The zero-order valence-corrected chi connectivity index (χ0v) is 8.59. The van der Waals surface area contributed by atoms with Crippen LogP contribution in [0.2, 0.25) is 0 Å². The maximum atomic E-state index is 7.76. The standard InChI is InChI=1S/C10H20N2/c1-7(2)10(11)12(4)6-9-5-8(9)3/h7-9,11H,5-6H2,1-4H3. The van der Waals surface area contributed by atoms with E-state index in [2.05, 4.69) is 25.7 Å². The quantitative estimate of drug-likeness (QED) is 0.507. The normalized spacial score (nSPS) is 27.4. The predicted octanol–water partition coefficient (Wildman–Crippen LogP) is 2.21. The second-order valence-corrected chi connectivity index (χ2v) is 4.39. The Labute approximate surface area is 75.5 Å². The first kappa shape index (κ1) is 9.56. The first-order valence-corrected chi connectivity index (χ1v) is 4.82. The van der Waals surface area contributed by atoms with Gasteiger partial charge in [-0.05, 0) is 18.3 Å². The molecule has 1 aliphatic carbocycles. The molecular formula is C10H20N2. The molecule has 0 amide bonds. The van der Waals surface area contributed by atoms with Gasteiger partial charge in [-0.3, -0.25) is 5.41 Å². The van der Waals surface area contributed by atoms with Crippen LogP contribution in [0, 0.1) is 23.2 Å². The van der Waals surface area contributed by atoms with Crippen molar-refractivity contribution in [3.8, 4) is 0 Å². The fourth-order valence-electron chi connectivity index (χ4n) is 1.54. The smallest absolute Gasteiger partial charge is 0.0981 e. The number of rotatable bonds is 3. The third-order valence-electron chi connectivity index (χ3n) is 2.74. The zero-order valence-electron chi connectivity index (χ0n) is 8.59. The molecule has 1 saturated carbocycles. The lowest BCUT2D eigenvalue weighted by Gasteiger charge is -2.22. The zero-order chi connectivity index (χ0) is 9.30. The first-order chi connectivity index (χ1) is 5.52. The van der Waals surface area contributed by atoms with E-state index < -0.39 is 0 Å². The summed E-state index contributed by atoms with van der Waals surface area (Å²) in [6.07, 6.45) is 1.36. The maximum absolute atomic E-state index is 7.76. The SMILES string of the molecule is CC(C)C(=N)N(C)CC1CC1C. The molecule has 2 atom stereocenters. The molecule has 0 radical (unpaired) electrons. The lowest BCUT2D eigenvalue weighted by molar-refractivity contribution is 0.438. The molecule has 0 aromatic heterocycles. The van der Waals surface area contributed by atoms with Crippen LogP contribution in [0.25, 0.3) is 0 Å². The van der Waals surface area contributed by atoms with E-state index in [1.165, 1.54) is 6.42 Å². The molecular weight excluding hydrogens is 148 g/mol. The van der Waals surface area contributed by atoms with E-state index in [1.807, 2.05) is 7.05 Å². The molecule has 2 unspecified atom stereocenters. The van der Waals surface area contributed by atoms with Crippen molar-refractivity contribution in [2.75, 3.05) is 13.6 Å². The summed E-state index contributed by atoms with van der Waals surface area (Å²) in [5, 5.41) is 7.76. The Morgan fingerprint density at radius 3 is 2.42 bits per heavy atom. The fourth-order valence-corrected chi connectivity index (χ4v) is 1.54. The first-order valence-electron chi connectivity index (χ1n) is 4.82. The highest BCUT2D eigenvalue weighted by Crippen LogP contribution is 2.38. The fraction of sp³-hybridized carbons (Fsp3) is 0.900.